The molecule has 9 heteroatoms. The molecule has 1 saturated heterocycles. The van der Waals surface area contributed by atoms with Crippen molar-refractivity contribution in [2.24, 2.45) is 13.0 Å². The molecular formula is C21H23Cl2N3O4. The van der Waals surface area contributed by atoms with Crippen LogP contribution in [0.4, 0.5) is 5.69 Å². The topological polar surface area (TPSA) is 80.6 Å². The van der Waals surface area contributed by atoms with Crippen molar-refractivity contribution >= 4 is 40.7 Å². The number of halogens is 2. The molecule has 2 amide bonds. The van der Waals surface area contributed by atoms with Crippen LogP contribution >= 0.6 is 23.2 Å². The van der Waals surface area contributed by atoms with Crippen molar-refractivity contribution in [2.75, 3.05) is 25.0 Å². The third-order valence-electron chi connectivity index (χ3n) is 5.03. The van der Waals surface area contributed by atoms with E-state index < -0.39 is 11.5 Å². The third-order valence-corrected chi connectivity index (χ3v) is 5.56. The summed E-state index contributed by atoms with van der Waals surface area (Å²) < 4.78 is 6.68. The maximum Gasteiger partial charge on any atom is 0.274 e. The molecule has 1 aromatic heterocycles. The number of rotatable bonds is 5. The minimum absolute atomic E-state index is 0.0181. The number of aryl methyl sites for hydroxylation is 1. The molecular weight excluding hydrogens is 429 g/mol. The van der Waals surface area contributed by atoms with E-state index in [0.29, 0.717) is 35.3 Å². The highest BCUT2D eigenvalue weighted by atomic mass is 35.5. The molecule has 1 fully saturated rings. The number of aromatic nitrogens is 1. The maximum absolute atomic E-state index is 12.8. The molecule has 30 heavy (non-hydrogen) atoms. The summed E-state index contributed by atoms with van der Waals surface area (Å²) in [6.07, 6.45) is 3.39. The summed E-state index contributed by atoms with van der Waals surface area (Å²) >= 11 is 11.9. The smallest absolute Gasteiger partial charge is 0.274 e. The van der Waals surface area contributed by atoms with Crippen LogP contribution in [-0.2, 0) is 11.8 Å². The van der Waals surface area contributed by atoms with E-state index in [0.717, 1.165) is 12.8 Å². The van der Waals surface area contributed by atoms with Gasteiger partial charge in [0.2, 0.25) is 0 Å². The van der Waals surface area contributed by atoms with E-state index in [1.807, 2.05) is 0 Å². The molecule has 1 N–H and O–H groups in total. The van der Waals surface area contributed by atoms with Gasteiger partial charge < -0.3 is 19.5 Å². The fourth-order valence-corrected chi connectivity index (χ4v) is 3.70. The number of hydrogen-bond donors (Lipinski definition) is 1. The Balaban J connectivity index is 1.70. The molecule has 0 saturated carbocycles. The number of ether oxygens (including phenoxy) is 1. The molecule has 1 aromatic carbocycles. The number of anilines is 1. The van der Waals surface area contributed by atoms with Crippen LogP contribution in [0.5, 0.6) is 5.75 Å². The molecule has 0 bridgehead atoms. The summed E-state index contributed by atoms with van der Waals surface area (Å²) in [7, 11) is 1.54. The van der Waals surface area contributed by atoms with Gasteiger partial charge in [-0.3, -0.25) is 14.4 Å². The molecule has 0 spiro atoms. The van der Waals surface area contributed by atoms with Gasteiger partial charge in [-0.1, -0.05) is 30.1 Å². The minimum atomic E-state index is -0.547. The van der Waals surface area contributed by atoms with Crippen molar-refractivity contribution in [1.29, 1.82) is 0 Å². The lowest BCUT2D eigenvalue weighted by Gasteiger charge is -2.30. The summed E-state index contributed by atoms with van der Waals surface area (Å²) in [5, 5.41) is 3.24. The standard InChI is InChI=1S/C21H23Cl2N3O4/c1-13-5-7-26(8-6-13)20(28)14-9-17(21(29)25(2)11-14)24-19(27)12-30-18-4-3-15(22)10-16(18)23/h3-4,9-11,13H,5-8,12H2,1-2H3,(H,24,27). The Bertz CT molecular complexity index is 1010. The van der Waals surface area contributed by atoms with Crippen molar-refractivity contribution in [2.45, 2.75) is 19.8 Å². The maximum atomic E-state index is 12.8. The molecule has 0 unspecified atom stereocenters. The van der Waals surface area contributed by atoms with Gasteiger partial charge >= 0.3 is 0 Å². The van der Waals surface area contributed by atoms with Crippen LogP contribution in [0.25, 0.3) is 0 Å². The first-order valence-corrected chi connectivity index (χ1v) is 10.4. The predicted octanol–water partition coefficient (Wildman–Crippen LogP) is 3.58. The largest absolute Gasteiger partial charge is 0.482 e. The number of carbonyl (C=O) groups is 2. The zero-order valence-electron chi connectivity index (χ0n) is 16.8. The van der Waals surface area contributed by atoms with Crippen molar-refractivity contribution < 1.29 is 14.3 Å². The first kappa shape index (κ1) is 22.2. The Kier molecular flexibility index (Phi) is 7.05. The van der Waals surface area contributed by atoms with Crippen LogP contribution in [0.1, 0.15) is 30.1 Å². The SMILES string of the molecule is CC1CCN(C(=O)c2cc(NC(=O)COc3ccc(Cl)cc3Cl)c(=O)n(C)c2)CC1. The Hall–Kier alpha value is -2.51. The predicted molar refractivity (Wildman–Crippen MR) is 117 cm³/mol. The number of piperidine rings is 1. The van der Waals surface area contributed by atoms with Gasteiger partial charge in [0.1, 0.15) is 11.4 Å². The third kappa shape index (κ3) is 5.34. The van der Waals surface area contributed by atoms with Crippen LogP contribution in [0.15, 0.2) is 35.3 Å². The first-order chi connectivity index (χ1) is 14.2. The molecule has 0 aliphatic carbocycles. The van der Waals surface area contributed by atoms with Crippen molar-refractivity contribution in [3.05, 3.63) is 56.4 Å². The highest BCUT2D eigenvalue weighted by Crippen LogP contribution is 2.27. The van der Waals surface area contributed by atoms with Gasteiger partial charge in [0.05, 0.1) is 10.6 Å². The summed E-state index contributed by atoms with van der Waals surface area (Å²) in [5.41, 5.74) is -0.0511. The Morgan fingerprint density at radius 2 is 1.90 bits per heavy atom. The second-order valence-electron chi connectivity index (χ2n) is 7.44. The Morgan fingerprint density at radius 1 is 1.20 bits per heavy atom. The van der Waals surface area contributed by atoms with E-state index in [1.165, 1.54) is 29.9 Å². The molecule has 2 heterocycles. The average molecular weight is 452 g/mol. The molecule has 1 aliphatic heterocycles. The van der Waals surface area contributed by atoms with Crippen LogP contribution < -0.4 is 15.6 Å². The Morgan fingerprint density at radius 3 is 2.57 bits per heavy atom. The van der Waals surface area contributed by atoms with Crippen molar-refractivity contribution in [1.82, 2.24) is 9.47 Å². The van der Waals surface area contributed by atoms with Crippen molar-refractivity contribution in [3.8, 4) is 5.75 Å². The fraction of sp³-hybridized carbons (Fsp3) is 0.381. The molecule has 0 radical (unpaired) electrons. The van der Waals surface area contributed by atoms with E-state index in [1.54, 1.807) is 17.0 Å². The van der Waals surface area contributed by atoms with Gasteiger partial charge in [0.15, 0.2) is 6.61 Å². The molecule has 2 aromatic rings. The van der Waals surface area contributed by atoms with E-state index in [2.05, 4.69) is 12.2 Å². The zero-order valence-corrected chi connectivity index (χ0v) is 18.3. The van der Waals surface area contributed by atoms with Gasteiger partial charge in [0, 0.05) is 31.4 Å². The van der Waals surface area contributed by atoms with E-state index in [9.17, 15) is 14.4 Å². The monoisotopic (exact) mass is 451 g/mol. The van der Waals surface area contributed by atoms with Gasteiger partial charge in [0.25, 0.3) is 17.4 Å². The average Bonchev–Trinajstić information content (AvgIpc) is 2.70. The summed E-state index contributed by atoms with van der Waals surface area (Å²) in [6, 6.07) is 6.06. The summed E-state index contributed by atoms with van der Waals surface area (Å²) in [5.74, 6) is 0.192. The number of amides is 2. The van der Waals surface area contributed by atoms with Gasteiger partial charge in [-0.05, 0) is 43.0 Å². The highest BCUT2D eigenvalue weighted by Gasteiger charge is 2.23. The first-order valence-electron chi connectivity index (χ1n) is 9.62. The van der Waals surface area contributed by atoms with Crippen molar-refractivity contribution in [3.63, 3.8) is 0 Å². The minimum Gasteiger partial charge on any atom is -0.482 e. The van der Waals surface area contributed by atoms with E-state index in [-0.39, 0.29) is 23.2 Å². The Labute approximate surface area is 184 Å². The van der Waals surface area contributed by atoms with Crippen LogP contribution in [-0.4, -0.2) is 41.0 Å². The van der Waals surface area contributed by atoms with Gasteiger partial charge in [-0.2, -0.15) is 0 Å². The summed E-state index contributed by atoms with van der Waals surface area (Å²) in [4.78, 5) is 39.3. The molecule has 0 atom stereocenters. The number of benzene rings is 1. The zero-order chi connectivity index (χ0) is 21.8. The number of likely N-dealkylation sites (tertiary alicyclic amines) is 1. The van der Waals surface area contributed by atoms with E-state index >= 15 is 0 Å². The van der Waals surface area contributed by atoms with Crippen LogP contribution in [0.3, 0.4) is 0 Å². The molecule has 3 rings (SSSR count). The number of carbonyl (C=O) groups excluding carboxylic acids is 2. The number of nitrogens with one attached hydrogen (secondary N) is 1. The number of nitrogens with zero attached hydrogens (tertiary/aromatic N) is 2. The molecule has 1 aliphatic rings. The number of hydrogen-bond acceptors (Lipinski definition) is 4. The second kappa shape index (κ2) is 9.53. The fourth-order valence-electron chi connectivity index (χ4n) is 3.23. The van der Waals surface area contributed by atoms with Gasteiger partial charge in [-0.15, -0.1) is 0 Å². The van der Waals surface area contributed by atoms with Crippen LogP contribution in [0.2, 0.25) is 10.0 Å². The highest BCUT2D eigenvalue weighted by molar-refractivity contribution is 6.35. The second-order valence-corrected chi connectivity index (χ2v) is 8.29. The lowest BCUT2D eigenvalue weighted by molar-refractivity contribution is -0.118. The quantitative estimate of drug-likeness (QED) is 0.752. The summed E-state index contributed by atoms with van der Waals surface area (Å²) in [6.45, 7) is 3.17. The van der Waals surface area contributed by atoms with E-state index in [4.69, 9.17) is 27.9 Å². The lowest BCUT2D eigenvalue weighted by Crippen LogP contribution is -2.38. The molecule has 7 nitrogen and oxygen atoms in total. The van der Waals surface area contributed by atoms with Crippen LogP contribution in [0, 0.1) is 5.92 Å². The molecule has 160 valence electrons. The lowest BCUT2D eigenvalue weighted by atomic mass is 9.99. The normalized spacial score (nSPS) is 14.5. The van der Waals surface area contributed by atoms with Gasteiger partial charge in [-0.25, -0.2) is 0 Å². The number of pyridine rings is 1.